The molecule has 7 heteroatoms. The molecular weight excluding hydrogens is 351 g/mol. The highest BCUT2D eigenvalue weighted by atomic mass is 19.1. The van der Waals surface area contributed by atoms with E-state index in [-0.39, 0.29) is 16.9 Å². The molecule has 0 saturated heterocycles. The third-order valence-corrected chi connectivity index (χ3v) is 3.86. The van der Waals surface area contributed by atoms with E-state index in [1.54, 1.807) is 10.9 Å². The normalized spacial score (nSPS) is 10.4. The zero-order valence-electron chi connectivity index (χ0n) is 14.6. The summed E-state index contributed by atoms with van der Waals surface area (Å²) >= 11 is 0. The van der Waals surface area contributed by atoms with Gasteiger partial charge < -0.3 is 9.47 Å². The molecule has 3 rings (SSSR count). The average molecular weight is 368 g/mol. The molecule has 27 heavy (non-hydrogen) atoms. The molecule has 0 saturated carbocycles. The van der Waals surface area contributed by atoms with Gasteiger partial charge in [0.1, 0.15) is 0 Å². The smallest absolute Gasteiger partial charge is 0.341 e. The first-order chi connectivity index (χ1) is 13.1. The molecule has 0 amide bonds. The SMILES string of the molecule is COc1ccc(C(=O)COC(=O)c2cnn(Cc3ccccc3)c2)cc1F. The Bertz CT molecular complexity index is 954. The van der Waals surface area contributed by atoms with Crippen molar-refractivity contribution in [2.45, 2.75) is 6.54 Å². The van der Waals surface area contributed by atoms with Crippen LogP contribution in [0.2, 0.25) is 0 Å². The molecule has 138 valence electrons. The molecule has 1 heterocycles. The van der Waals surface area contributed by atoms with Gasteiger partial charge in [0.25, 0.3) is 0 Å². The van der Waals surface area contributed by atoms with E-state index in [1.165, 1.54) is 25.4 Å². The van der Waals surface area contributed by atoms with Crippen molar-refractivity contribution in [2.75, 3.05) is 13.7 Å². The Morgan fingerprint density at radius 3 is 2.59 bits per heavy atom. The van der Waals surface area contributed by atoms with Crippen LogP contribution in [0.25, 0.3) is 0 Å². The number of nitrogens with zero attached hydrogens (tertiary/aromatic N) is 2. The van der Waals surface area contributed by atoms with E-state index in [2.05, 4.69) is 5.10 Å². The molecule has 0 aliphatic rings. The third-order valence-electron chi connectivity index (χ3n) is 3.86. The van der Waals surface area contributed by atoms with E-state index in [9.17, 15) is 14.0 Å². The second-order valence-corrected chi connectivity index (χ2v) is 5.76. The van der Waals surface area contributed by atoms with Gasteiger partial charge in [-0.15, -0.1) is 0 Å². The summed E-state index contributed by atoms with van der Waals surface area (Å²) in [6, 6.07) is 13.5. The highest BCUT2D eigenvalue weighted by Gasteiger charge is 2.15. The van der Waals surface area contributed by atoms with Gasteiger partial charge in [-0.05, 0) is 23.8 Å². The van der Waals surface area contributed by atoms with Crippen molar-refractivity contribution in [3.05, 3.63) is 83.4 Å². The van der Waals surface area contributed by atoms with Crippen LogP contribution in [0.15, 0.2) is 60.9 Å². The van der Waals surface area contributed by atoms with Crippen molar-refractivity contribution < 1.29 is 23.5 Å². The van der Waals surface area contributed by atoms with E-state index in [0.29, 0.717) is 6.54 Å². The Labute approximate surface area is 155 Å². The average Bonchev–Trinajstić information content (AvgIpc) is 3.15. The van der Waals surface area contributed by atoms with Gasteiger partial charge in [-0.2, -0.15) is 5.10 Å². The second kappa shape index (κ2) is 8.27. The van der Waals surface area contributed by atoms with E-state index >= 15 is 0 Å². The maximum atomic E-state index is 13.7. The van der Waals surface area contributed by atoms with Gasteiger partial charge in [-0.3, -0.25) is 9.48 Å². The topological polar surface area (TPSA) is 70.4 Å². The highest BCUT2D eigenvalue weighted by Crippen LogP contribution is 2.18. The largest absolute Gasteiger partial charge is 0.494 e. The van der Waals surface area contributed by atoms with Crippen molar-refractivity contribution in [3.63, 3.8) is 0 Å². The summed E-state index contributed by atoms with van der Waals surface area (Å²) in [5.41, 5.74) is 1.37. The number of carbonyl (C=O) groups excluding carboxylic acids is 2. The number of aromatic nitrogens is 2. The van der Waals surface area contributed by atoms with Crippen LogP contribution in [-0.4, -0.2) is 35.2 Å². The number of rotatable bonds is 7. The number of hydrogen-bond acceptors (Lipinski definition) is 5. The summed E-state index contributed by atoms with van der Waals surface area (Å²) in [6.45, 7) is 0.0205. The van der Waals surface area contributed by atoms with Crippen LogP contribution in [-0.2, 0) is 11.3 Å². The number of benzene rings is 2. The molecule has 0 radical (unpaired) electrons. The lowest BCUT2D eigenvalue weighted by Crippen LogP contribution is -2.14. The molecule has 0 N–H and O–H groups in total. The maximum absolute atomic E-state index is 13.7. The van der Waals surface area contributed by atoms with Crippen molar-refractivity contribution in [2.24, 2.45) is 0 Å². The Kier molecular flexibility index (Phi) is 5.61. The highest BCUT2D eigenvalue weighted by molar-refractivity contribution is 5.99. The molecule has 0 aliphatic carbocycles. The van der Waals surface area contributed by atoms with Gasteiger partial charge in [0, 0.05) is 11.8 Å². The summed E-state index contributed by atoms with van der Waals surface area (Å²) < 4.78 is 25.1. The van der Waals surface area contributed by atoms with E-state index in [0.717, 1.165) is 11.6 Å². The second-order valence-electron chi connectivity index (χ2n) is 5.76. The van der Waals surface area contributed by atoms with Gasteiger partial charge >= 0.3 is 5.97 Å². The molecule has 0 spiro atoms. The lowest BCUT2D eigenvalue weighted by molar-refractivity contribution is 0.0474. The van der Waals surface area contributed by atoms with Crippen LogP contribution in [0.5, 0.6) is 5.75 Å². The summed E-state index contributed by atoms with van der Waals surface area (Å²) in [4.78, 5) is 24.2. The lowest BCUT2D eigenvalue weighted by Gasteiger charge is -2.05. The number of Topliss-reactive ketones (excluding diaryl/α,β-unsaturated/α-hetero) is 1. The van der Waals surface area contributed by atoms with Crippen molar-refractivity contribution in [1.29, 1.82) is 0 Å². The first-order valence-electron chi connectivity index (χ1n) is 8.17. The van der Waals surface area contributed by atoms with Gasteiger partial charge in [-0.25, -0.2) is 9.18 Å². The molecule has 0 aliphatic heterocycles. The first-order valence-corrected chi connectivity index (χ1v) is 8.17. The minimum atomic E-state index is -0.670. The summed E-state index contributed by atoms with van der Waals surface area (Å²) in [7, 11) is 1.33. The minimum absolute atomic E-state index is 0.0365. The zero-order chi connectivity index (χ0) is 19.2. The molecule has 0 fully saturated rings. The van der Waals surface area contributed by atoms with Gasteiger partial charge in [0.15, 0.2) is 24.0 Å². The molecule has 0 unspecified atom stereocenters. The fourth-order valence-corrected chi connectivity index (χ4v) is 2.46. The van der Waals surface area contributed by atoms with Gasteiger partial charge in [0.05, 0.1) is 25.4 Å². The van der Waals surface area contributed by atoms with E-state index < -0.39 is 24.2 Å². The fourth-order valence-electron chi connectivity index (χ4n) is 2.46. The fraction of sp³-hybridized carbons (Fsp3) is 0.150. The number of ether oxygens (including phenoxy) is 2. The molecule has 6 nitrogen and oxygen atoms in total. The molecular formula is C20H17FN2O4. The van der Waals surface area contributed by atoms with Crippen LogP contribution in [0.4, 0.5) is 4.39 Å². The quantitative estimate of drug-likeness (QED) is 0.473. The van der Waals surface area contributed by atoms with Crippen molar-refractivity contribution >= 4 is 11.8 Å². The molecule has 1 aromatic heterocycles. The molecule has 0 atom stereocenters. The summed E-state index contributed by atoms with van der Waals surface area (Å²) in [6.07, 6.45) is 2.93. The van der Waals surface area contributed by atoms with Crippen LogP contribution in [0.1, 0.15) is 26.3 Å². The van der Waals surface area contributed by atoms with Crippen molar-refractivity contribution in [1.82, 2.24) is 9.78 Å². The van der Waals surface area contributed by atoms with E-state index in [4.69, 9.17) is 9.47 Å². The Morgan fingerprint density at radius 1 is 1.11 bits per heavy atom. The molecule has 3 aromatic rings. The molecule has 0 bridgehead atoms. The zero-order valence-corrected chi connectivity index (χ0v) is 14.6. The number of methoxy groups -OCH3 is 1. The third kappa shape index (κ3) is 4.58. The predicted molar refractivity (Wildman–Crippen MR) is 95.3 cm³/mol. The Morgan fingerprint density at radius 2 is 1.89 bits per heavy atom. The monoisotopic (exact) mass is 368 g/mol. The van der Waals surface area contributed by atoms with Gasteiger partial charge in [0.2, 0.25) is 0 Å². The van der Waals surface area contributed by atoms with Crippen LogP contribution >= 0.6 is 0 Å². The maximum Gasteiger partial charge on any atom is 0.341 e. The number of hydrogen-bond donors (Lipinski definition) is 0. The minimum Gasteiger partial charge on any atom is -0.494 e. The first kappa shape index (κ1) is 18.3. The number of esters is 1. The number of halogens is 1. The summed E-state index contributed by atoms with van der Waals surface area (Å²) in [5.74, 6) is -1.80. The number of carbonyl (C=O) groups is 2. The Hall–Kier alpha value is -3.48. The van der Waals surface area contributed by atoms with Crippen LogP contribution in [0.3, 0.4) is 0 Å². The van der Waals surface area contributed by atoms with Crippen molar-refractivity contribution in [3.8, 4) is 5.75 Å². The molecule has 2 aromatic carbocycles. The number of ketones is 1. The Balaban J connectivity index is 1.58. The van der Waals surface area contributed by atoms with E-state index in [1.807, 2.05) is 30.3 Å². The van der Waals surface area contributed by atoms with Gasteiger partial charge in [-0.1, -0.05) is 30.3 Å². The predicted octanol–water partition coefficient (Wildman–Crippen LogP) is 3.12. The van der Waals surface area contributed by atoms with Crippen LogP contribution in [0, 0.1) is 5.82 Å². The standard InChI is InChI=1S/C20H17FN2O4/c1-26-19-8-7-15(9-17(19)21)18(24)13-27-20(25)16-10-22-23(12-16)11-14-5-3-2-4-6-14/h2-10,12H,11,13H2,1H3. The lowest BCUT2D eigenvalue weighted by atomic mass is 10.1. The van der Waals surface area contributed by atoms with Crippen LogP contribution < -0.4 is 4.74 Å². The summed E-state index contributed by atoms with van der Waals surface area (Å²) in [5, 5.41) is 4.12.